The topological polar surface area (TPSA) is 72.6 Å². The van der Waals surface area contributed by atoms with Gasteiger partial charge in [-0.1, -0.05) is 53.7 Å². The molecule has 1 aliphatic rings. The summed E-state index contributed by atoms with van der Waals surface area (Å²) in [6, 6.07) is 22.3. The Morgan fingerprint density at radius 3 is 2.67 bits per heavy atom. The highest BCUT2D eigenvalue weighted by Crippen LogP contribution is 2.30. The predicted molar refractivity (Wildman–Crippen MR) is 112 cm³/mol. The van der Waals surface area contributed by atoms with Crippen LogP contribution in [0, 0.1) is 0 Å². The molecule has 2 heterocycles. The zero-order valence-corrected chi connectivity index (χ0v) is 16.1. The van der Waals surface area contributed by atoms with Crippen molar-refractivity contribution < 1.29 is 18.8 Å². The molecule has 4 aromatic rings. The van der Waals surface area contributed by atoms with E-state index in [0.29, 0.717) is 23.4 Å². The van der Waals surface area contributed by atoms with Crippen LogP contribution in [0.5, 0.6) is 0 Å². The van der Waals surface area contributed by atoms with Crippen LogP contribution in [0.25, 0.3) is 22.2 Å². The molecule has 6 heteroatoms. The van der Waals surface area contributed by atoms with Gasteiger partial charge in [0.15, 0.2) is 12.4 Å². The van der Waals surface area contributed by atoms with Crippen molar-refractivity contribution in [3.8, 4) is 11.3 Å². The number of hydrogen-bond acceptors (Lipinski definition) is 5. The fourth-order valence-electron chi connectivity index (χ4n) is 3.75. The first-order valence-corrected chi connectivity index (χ1v) is 9.71. The second kappa shape index (κ2) is 7.48. The number of carbonyl (C=O) groups is 2. The van der Waals surface area contributed by atoms with Crippen LogP contribution in [0.4, 0.5) is 5.69 Å². The number of para-hydroxylation sites is 1. The van der Waals surface area contributed by atoms with Crippen molar-refractivity contribution in [1.82, 2.24) is 5.16 Å². The highest BCUT2D eigenvalue weighted by molar-refractivity contribution is 6.01. The molecule has 0 saturated heterocycles. The second-order valence-corrected chi connectivity index (χ2v) is 7.11. The van der Waals surface area contributed by atoms with E-state index in [1.165, 1.54) is 0 Å². The SMILES string of the molecule is O=C(OCC(=O)N1CCc2ccccc21)c1ccc2noc(-c3ccccc3)c2c1. The Bertz CT molecular complexity index is 1250. The number of esters is 1. The number of amides is 1. The summed E-state index contributed by atoms with van der Waals surface area (Å²) in [5, 5.41) is 4.77. The minimum Gasteiger partial charge on any atom is -0.452 e. The summed E-state index contributed by atoms with van der Waals surface area (Å²) >= 11 is 0. The molecule has 0 atom stereocenters. The fourth-order valence-corrected chi connectivity index (χ4v) is 3.75. The Balaban J connectivity index is 1.32. The zero-order valence-electron chi connectivity index (χ0n) is 16.1. The van der Waals surface area contributed by atoms with Crippen molar-refractivity contribution in [2.75, 3.05) is 18.1 Å². The monoisotopic (exact) mass is 398 g/mol. The largest absolute Gasteiger partial charge is 0.452 e. The molecule has 3 aromatic carbocycles. The number of benzene rings is 3. The van der Waals surface area contributed by atoms with Crippen LogP contribution in [-0.4, -0.2) is 30.2 Å². The molecule has 6 nitrogen and oxygen atoms in total. The van der Waals surface area contributed by atoms with Crippen LogP contribution in [0.15, 0.2) is 77.3 Å². The molecule has 1 amide bonds. The number of ether oxygens (including phenoxy) is 1. The molecule has 30 heavy (non-hydrogen) atoms. The molecule has 1 aliphatic heterocycles. The molecule has 0 N–H and O–H groups in total. The Labute approximate surface area is 172 Å². The first kappa shape index (κ1) is 18.1. The number of hydrogen-bond donors (Lipinski definition) is 0. The van der Waals surface area contributed by atoms with Gasteiger partial charge in [0.25, 0.3) is 5.91 Å². The van der Waals surface area contributed by atoms with Gasteiger partial charge in [-0.15, -0.1) is 0 Å². The van der Waals surface area contributed by atoms with Gasteiger partial charge in [0, 0.05) is 17.8 Å². The normalized spacial score (nSPS) is 12.7. The molecule has 0 radical (unpaired) electrons. The summed E-state index contributed by atoms with van der Waals surface area (Å²) in [4.78, 5) is 26.8. The quantitative estimate of drug-likeness (QED) is 0.481. The Hall–Kier alpha value is -3.93. The second-order valence-electron chi connectivity index (χ2n) is 7.11. The summed E-state index contributed by atoms with van der Waals surface area (Å²) in [5.41, 5.74) is 3.88. The average molecular weight is 398 g/mol. The molecular formula is C24H18N2O4. The lowest BCUT2D eigenvalue weighted by Crippen LogP contribution is -2.33. The molecular weight excluding hydrogens is 380 g/mol. The van der Waals surface area contributed by atoms with Gasteiger partial charge in [0.05, 0.1) is 10.9 Å². The number of aromatic nitrogens is 1. The van der Waals surface area contributed by atoms with E-state index < -0.39 is 5.97 Å². The van der Waals surface area contributed by atoms with Gasteiger partial charge in [0.1, 0.15) is 5.52 Å². The number of carbonyl (C=O) groups excluding carboxylic acids is 2. The number of anilines is 1. The molecule has 0 spiro atoms. The zero-order chi connectivity index (χ0) is 20.5. The van der Waals surface area contributed by atoms with Gasteiger partial charge in [0.2, 0.25) is 0 Å². The minimum absolute atomic E-state index is 0.232. The maximum Gasteiger partial charge on any atom is 0.338 e. The molecule has 0 aliphatic carbocycles. The molecule has 0 bridgehead atoms. The smallest absolute Gasteiger partial charge is 0.338 e. The van der Waals surface area contributed by atoms with E-state index in [-0.39, 0.29) is 12.5 Å². The summed E-state index contributed by atoms with van der Waals surface area (Å²) in [6.07, 6.45) is 0.808. The fraction of sp³-hybridized carbons (Fsp3) is 0.125. The van der Waals surface area contributed by atoms with Crippen LogP contribution >= 0.6 is 0 Å². The van der Waals surface area contributed by atoms with E-state index in [1.807, 2.05) is 54.6 Å². The van der Waals surface area contributed by atoms with Crippen LogP contribution in [0.3, 0.4) is 0 Å². The first-order valence-electron chi connectivity index (χ1n) is 9.71. The van der Waals surface area contributed by atoms with Gasteiger partial charge in [-0.3, -0.25) is 4.79 Å². The highest BCUT2D eigenvalue weighted by Gasteiger charge is 2.25. The molecule has 5 rings (SSSR count). The molecule has 1 aromatic heterocycles. The van der Waals surface area contributed by atoms with Crippen molar-refractivity contribution >= 4 is 28.5 Å². The Morgan fingerprint density at radius 2 is 1.80 bits per heavy atom. The number of fused-ring (bicyclic) bond motifs is 2. The molecule has 148 valence electrons. The van der Waals surface area contributed by atoms with Gasteiger partial charge < -0.3 is 14.2 Å². The van der Waals surface area contributed by atoms with Crippen molar-refractivity contribution in [3.05, 3.63) is 83.9 Å². The highest BCUT2D eigenvalue weighted by atomic mass is 16.5. The van der Waals surface area contributed by atoms with E-state index >= 15 is 0 Å². The lowest BCUT2D eigenvalue weighted by atomic mass is 10.1. The summed E-state index contributed by atoms with van der Waals surface area (Å²) in [6.45, 7) is 0.295. The van der Waals surface area contributed by atoms with Crippen LogP contribution in [0.2, 0.25) is 0 Å². The minimum atomic E-state index is -0.557. The number of rotatable bonds is 4. The summed E-state index contributed by atoms with van der Waals surface area (Å²) in [5.74, 6) is -0.202. The maximum absolute atomic E-state index is 12.6. The number of nitrogens with zero attached hydrogens (tertiary/aromatic N) is 2. The average Bonchev–Trinajstić information content (AvgIpc) is 3.41. The molecule has 0 unspecified atom stereocenters. The third-order valence-electron chi connectivity index (χ3n) is 5.26. The summed E-state index contributed by atoms with van der Waals surface area (Å²) < 4.78 is 10.8. The first-order chi connectivity index (χ1) is 14.7. The third-order valence-corrected chi connectivity index (χ3v) is 5.26. The van der Waals surface area contributed by atoms with Gasteiger partial charge in [-0.05, 0) is 36.2 Å². The Morgan fingerprint density at radius 1 is 1.00 bits per heavy atom. The van der Waals surface area contributed by atoms with Gasteiger partial charge >= 0.3 is 5.97 Å². The van der Waals surface area contributed by atoms with Crippen molar-refractivity contribution in [3.63, 3.8) is 0 Å². The van der Waals surface area contributed by atoms with Crippen LogP contribution in [-0.2, 0) is 16.0 Å². The lowest BCUT2D eigenvalue weighted by Gasteiger charge is -2.17. The van der Waals surface area contributed by atoms with Crippen molar-refractivity contribution in [1.29, 1.82) is 0 Å². The van der Waals surface area contributed by atoms with E-state index in [0.717, 1.165) is 28.6 Å². The van der Waals surface area contributed by atoms with Gasteiger partial charge in [-0.2, -0.15) is 0 Å². The van der Waals surface area contributed by atoms with E-state index in [4.69, 9.17) is 9.26 Å². The Kier molecular flexibility index (Phi) is 4.52. The van der Waals surface area contributed by atoms with E-state index in [1.54, 1.807) is 23.1 Å². The van der Waals surface area contributed by atoms with Crippen molar-refractivity contribution in [2.24, 2.45) is 0 Å². The maximum atomic E-state index is 12.6. The van der Waals surface area contributed by atoms with Crippen LogP contribution in [0.1, 0.15) is 15.9 Å². The molecule has 0 saturated carbocycles. The van der Waals surface area contributed by atoms with Crippen LogP contribution < -0.4 is 4.90 Å². The third kappa shape index (κ3) is 3.22. The lowest BCUT2D eigenvalue weighted by molar-refractivity contribution is -0.121. The standard InChI is InChI=1S/C24H18N2O4/c27-22(26-13-12-16-6-4-5-9-21(16)26)15-29-24(28)18-10-11-20-19(14-18)23(30-25-20)17-7-2-1-3-8-17/h1-11,14H,12-13,15H2. The summed E-state index contributed by atoms with van der Waals surface area (Å²) in [7, 11) is 0. The predicted octanol–water partition coefficient (Wildman–Crippen LogP) is 4.24. The van der Waals surface area contributed by atoms with Crippen molar-refractivity contribution in [2.45, 2.75) is 6.42 Å². The van der Waals surface area contributed by atoms with E-state index in [2.05, 4.69) is 5.16 Å². The van der Waals surface area contributed by atoms with E-state index in [9.17, 15) is 9.59 Å². The molecule has 0 fully saturated rings. The van der Waals surface area contributed by atoms with Gasteiger partial charge in [-0.25, -0.2) is 4.79 Å².